The van der Waals surface area contributed by atoms with E-state index in [1.165, 1.54) is 5.56 Å². The van der Waals surface area contributed by atoms with Gasteiger partial charge >= 0.3 is 0 Å². The quantitative estimate of drug-likeness (QED) is 0.544. The van der Waals surface area contributed by atoms with Crippen LogP contribution in [0.25, 0.3) is 11.0 Å². The van der Waals surface area contributed by atoms with Gasteiger partial charge in [0.05, 0.1) is 30.0 Å². The average Bonchev–Trinajstić information content (AvgIpc) is 3.21. The Labute approximate surface area is 133 Å². The van der Waals surface area contributed by atoms with E-state index in [-0.39, 0.29) is 0 Å². The van der Waals surface area contributed by atoms with Gasteiger partial charge in [-0.05, 0) is 17.7 Å². The lowest BCUT2D eigenvalue weighted by atomic mass is 10.2. The first-order valence-electron chi connectivity index (χ1n) is 7.41. The summed E-state index contributed by atoms with van der Waals surface area (Å²) >= 11 is 0. The second kappa shape index (κ2) is 5.88. The zero-order valence-electron chi connectivity index (χ0n) is 12.4. The SMILES string of the molecule is C(=N/n1cnc2ccccc21)/c1cnn(Cc2ccccc2)c1. The molecule has 2 heterocycles. The summed E-state index contributed by atoms with van der Waals surface area (Å²) in [4.78, 5) is 4.32. The van der Waals surface area contributed by atoms with Crippen LogP contribution in [0.1, 0.15) is 11.1 Å². The van der Waals surface area contributed by atoms with Gasteiger partial charge in [-0.2, -0.15) is 10.2 Å². The Kier molecular flexibility index (Phi) is 3.44. The van der Waals surface area contributed by atoms with Crippen molar-refractivity contribution in [2.45, 2.75) is 6.54 Å². The molecule has 23 heavy (non-hydrogen) atoms. The fourth-order valence-electron chi connectivity index (χ4n) is 2.47. The lowest BCUT2D eigenvalue weighted by Gasteiger charge is -2.00. The lowest BCUT2D eigenvalue weighted by molar-refractivity contribution is 0.687. The molecule has 0 unspecified atom stereocenters. The number of para-hydroxylation sites is 2. The molecule has 0 N–H and O–H groups in total. The van der Waals surface area contributed by atoms with Crippen LogP contribution in [0.2, 0.25) is 0 Å². The van der Waals surface area contributed by atoms with E-state index in [0.717, 1.165) is 23.1 Å². The van der Waals surface area contributed by atoms with Gasteiger partial charge in [-0.25, -0.2) is 9.66 Å². The number of hydrogen-bond acceptors (Lipinski definition) is 3. The van der Waals surface area contributed by atoms with Gasteiger partial charge < -0.3 is 0 Å². The smallest absolute Gasteiger partial charge is 0.118 e. The Balaban J connectivity index is 1.53. The molecule has 0 aliphatic carbocycles. The van der Waals surface area contributed by atoms with Crippen LogP contribution in [-0.2, 0) is 6.54 Å². The minimum atomic E-state index is 0.753. The monoisotopic (exact) mass is 301 g/mol. The maximum Gasteiger partial charge on any atom is 0.118 e. The summed E-state index contributed by atoms with van der Waals surface area (Å²) in [6.45, 7) is 0.753. The van der Waals surface area contributed by atoms with Crippen molar-refractivity contribution >= 4 is 17.2 Å². The summed E-state index contributed by atoms with van der Waals surface area (Å²) in [5.74, 6) is 0. The Morgan fingerprint density at radius 2 is 1.83 bits per heavy atom. The molecule has 0 saturated carbocycles. The summed E-state index contributed by atoms with van der Waals surface area (Å²) in [6, 6.07) is 18.2. The van der Waals surface area contributed by atoms with Crippen molar-refractivity contribution in [2.75, 3.05) is 0 Å². The molecule has 0 aliphatic heterocycles. The third-order valence-corrected chi connectivity index (χ3v) is 3.61. The molecule has 0 aliphatic rings. The number of hydrogen-bond donors (Lipinski definition) is 0. The van der Waals surface area contributed by atoms with E-state index in [1.807, 2.05) is 59.5 Å². The number of imidazole rings is 1. The van der Waals surface area contributed by atoms with Crippen molar-refractivity contribution in [1.29, 1.82) is 0 Å². The third kappa shape index (κ3) is 2.89. The fraction of sp³-hybridized carbons (Fsp3) is 0.0556. The number of rotatable bonds is 4. The first-order valence-corrected chi connectivity index (χ1v) is 7.41. The van der Waals surface area contributed by atoms with Crippen molar-refractivity contribution in [2.24, 2.45) is 5.10 Å². The molecule has 0 bridgehead atoms. The van der Waals surface area contributed by atoms with E-state index in [2.05, 4.69) is 27.3 Å². The molecule has 2 aromatic heterocycles. The second-order valence-corrected chi connectivity index (χ2v) is 5.28. The van der Waals surface area contributed by atoms with Gasteiger partial charge in [0.1, 0.15) is 6.33 Å². The lowest BCUT2D eigenvalue weighted by Crippen LogP contribution is -1.99. The fourth-order valence-corrected chi connectivity index (χ4v) is 2.47. The normalized spacial score (nSPS) is 11.5. The van der Waals surface area contributed by atoms with Crippen molar-refractivity contribution < 1.29 is 0 Å². The molecule has 4 aromatic rings. The highest BCUT2D eigenvalue weighted by molar-refractivity contribution is 5.80. The van der Waals surface area contributed by atoms with Gasteiger partial charge in [0.15, 0.2) is 0 Å². The summed E-state index contributed by atoms with van der Waals surface area (Å²) in [6.07, 6.45) is 7.30. The zero-order valence-corrected chi connectivity index (χ0v) is 12.4. The summed E-state index contributed by atoms with van der Waals surface area (Å²) in [5.41, 5.74) is 4.10. The predicted molar refractivity (Wildman–Crippen MR) is 90.5 cm³/mol. The highest BCUT2D eigenvalue weighted by atomic mass is 15.4. The van der Waals surface area contributed by atoms with E-state index in [1.54, 1.807) is 17.2 Å². The molecular formula is C18H15N5. The number of fused-ring (bicyclic) bond motifs is 1. The van der Waals surface area contributed by atoms with Gasteiger partial charge in [0.25, 0.3) is 0 Å². The molecule has 0 radical (unpaired) electrons. The average molecular weight is 301 g/mol. The van der Waals surface area contributed by atoms with Crippen LogP contribution >= 0.6 is 0 Å². The van der Waals surface area contributed by atoms with Crippen LogP contribution < -0.4 is 0 Å². The Morgan fingerprint density at radius 3 is 2.74 bits per heavy atom. The summed E-state index contributed by atoms with van der Waals surface area (Å²) in [7, 11) is 0. The third-order valence-electron chi connectivity index (χ3n) is 3.61. The van der Waals surface area contributed by atoms with Crippen molar-refractivity contribution in [1.82, 2.24) is 19.4 Å². The van der Waals surface area contributed by atoms with Crippen LogP contribution in [0.4, 0.5) is 0 Å². The first kappa shape index (κ1) is 13.5. The van der Waals surface area contributed by atoms with Gasteiger partial charge in [0, 0.05) is 11.8 Å². The molecular weight excluding hydrogens is 286 g/mol. The highest BCUT2D eigenvalue weighted by Gasteiger charge is 2.00. The minimum Gasteiger partial charge on any atom is -0.268 e. The molecule has 0 atom stereocenters. The number of aromatic nitrogens is 4. The molecule has 5 nitrogen and oxygen atoms in total. The molecule has 0 spiro atoms. The largest absolute Gasteiger partial charge is 0.268 e. The highest BCUT2D eigenvalue weighted by Crippen LogP contribution is 2.11. The van der Waals surface area contributed by atoms with E-state index in [0.29, 0.717) is 0 Å². The van der Waals surface area contributed by atoms with Gasteiger partial charge in [-0.1, -0.05) is 42.5 Å². The van der Waals surface area contributed by atoms with Crippen LogP contribution in [0.5, 0.6) is 0 Å². The molecule has 4 rings (SSSR count). The van der Waals surface area contributed by atoms with Gasteiger partial charge in [-0.3, -0.25) is 4.68 Å². The van der Waals surface area contributed by atoms with Crippen molar-refractivity contribution in [3.8, 4) is 0 Å². The van der Waals surface area contributed by atoms with Crippen molar-refractivity contribution in [3.05, 3.63) is 84.4 Å². The standard InChI is InChI=1S/C18H15N5/c1-2-6-15(7-3-1)12-22-13-16(10-20-22)11-21-23-14-19-17-8-4-5-9-18(17)23/h1-11,13-14H,12H2/b21-11-. The van der Waals surface area contributed by atoms with E-state index >= 15 is 0 Å². The Bertz CT molecular complexity index is 950. The topological polar surface area (TPSA) is 48.0 Å². The second-order valence-electron chi connectivity index (χ2n) is 5.28. The Hall–Kier alpha value is -3.21. The van der Waals surface area contributed by atoms with Gasteiger partial charge in [-0.15, -0.1) is 0 Å². The molecule has 0 fully saturated rings. The zero-order chi connectivity index (χ0) is 15.5. The minimum absolute atomic E-state index is 0.753. The first-order chi connectivity index (χ1) is 11.4. The molecule has 0 saturated heterocycles. The van der Waals surface area contributed by atoms with Crippen molar-refractivity contribution in [3.63, 3.8) is 0 Å². The van der Waals surface area contributed by atoms with E-state index in [4.69, 9.17) is 0 Å². The predicted octanol–water partition coefficient (Wildman–Crippen LogP) is 3.16. The molecule has 0 amide bonds. The molecule has 2 aromatic carbocycles. The van der Waals surface area contributed by atoms with E-state index < -0.39 is 0 Å². The van der Waals surface area contributed by atoms with Gasteiger partial charge in [0.2, 0.25) is 0 Å². The number of benzene rings is 2. The van der Waals surface area contributed by atoms with Crippen LogP contribution in [-0.4, -0.2) is 25.7 Å². The molecule has 5 heteroatoms. The molecule has 112 valence electrons. The van der Waals surface area contributed by atoms with Crippen LogP contribution in [0, 0.1) is 0 Å². The Morgan fingerprint density at radius 1 is 1.00 bits per heavy atom. The maximum absolute atomic E-state index is 4.46. The summed E-state index contributed by atoms with van der Waals surface area (Å²) < 4.78 is 3.67. The van der Waals surface area contributed by atoms with Crippen LogP contribution in [0.3, 0.4) is 0 Å². The number of nitrogens with zero attached hydrogens (tertiary/aromatic N) is 5. The maximum atomic E-state index is 4.46. The van der Waals surface area contributed by atoms with Crippen LogP contribution in [0.15, 0.2) is 78.4 Å². The summed E-state index contributed by atoms with van der Waals surface area (Å²) in [5, 5.41) is 8.84. The van der Waals surface area contributed by atoms with E-state index in [9.17, 15) is 0 Å².